The molecule has 128 valence electrons. The van der Waals surface area contributed by atoms with Gasteiger partial charge in [0.2, 0.25) is 0 Å². The molecule has 24 heavy (non-hydrogen) atoms. The molecule has 4 atom stereocenters. The summed E-state index contributed by atoms with van der Waals surface area (Å²) in [6.45, 7) is 0. The number of hydrogen-bond donors (Lipinski definition) is 4. The van der Waals surface area contributed by atoms with Crippen molar-refractivity contribution in [3.63, 3.8) is 0 Å². The van der Waals surface area contributed by atoms with Gasteiger partial charge in [0.25, 0.3) is 0 Å². The van der Waals surface area contributed by atoms with E-state index in [1.165, 1.54) is 6.07 Å². The van der Waals surface area contributed by atoms with Crippen LogP contribution in [-0.2, 0) is 25.6 Å². The number of aliphatic carboxylic acids is 4. The summed E-state index contributed by atoms with van der Waals surface area (Å²) >= 11 is 0. The van der Waals surface area contributed by atoms with E-state index < -0.39 is 54.0 Å². The van der Waals surface area contributed by atoms with Crippen LogP contribution < -0.4 is 0 Å². The molecule has 0 spiro atoms. The second-order valence-corrected chi connectivity index (χ2v) is 5.78. The van der Waals surface area contributed by atoms with Crippen LogP contribution in [0.5, 0.6) is 0 Å². The zero-order valence-corrected chi connectivity index (χ0v) is 12.5. The monoisotopic (exact) mass is 336 g/mol. The molecule has 1 aromatic rings. The maximum Gasteiger partial charge on any atom is 0.308 e. The molecule has 0 bridgehead atoms. The highest BCUT2D eigenvalue weighted by Gasteiger charge is 2.49. The highest BCUT2D eigenvalue weighted by Crippen LogP contribution is 2.45. The van der Waals surface area contributed by atoms with Crippen molar-refractivity contribution >= 4 is 23.9 Å². The fourth-order valence-electron chi connectivity index (χ4n) is 3.44. The molecule has 0 radical (unpaired) electrons. The standard InChI is InChI=1S/C16H16O8/c17-11(18)6-10(15(21)22)12-8-4-2-1-3-7(8)5-9(14(19)20)13(12)16(23)24/h1-4,9-10,12-13H,5-6H2,(H,17,18)(H,19,20)(H,21,22)(H,23,24). The second-order valence-electron chi connectivity index (χ2n) is 5.78. The minimum absolute atomic E-state index is 0.0433. The molecule has 4 N–H and O–H groups in total. The molecule has 0 saturated carbocycles. The van der Waals surface area contributed by atoms with Crippen molar-refractivity contribution in [1.82, 2.24) is 0 Å². The summed E-state index contributed by atoms with van der Waals surface area (Å²) in [5.41, 5.74) is 0.917. The van der Waals surface area contributed by atoms with Gasteiger partial charge < -0.3 is 20.4 Å². The molecule has 0 fully saturated rings. The maximum atomic E-state index is 11.7. The molecule has 0 saturated heterocycles. The lowest BCUT2D eigenvalue weighted by molar-refractivity contribution is -0.159. The Hall–Kier alpha value is -2.90. The first-order valence-corrected chi connectivity index (χ1v) is 7.22. The van der Waals surface area contributed by atoms with Gasteiger partial charge >= 0.3 is 23.9 Å². The summed E-state index contributed by atoms with van der Waals surface area (Å²) in [5.74, 6) is -11.2. The molecule has 8 heteroatoms. The van der Waals surface area contributed by atoms with Crippen molar-refractivity contribution < 1.29 is 39.6 Å². The van der Waals surface area contributed by atoms with Gasteiger partial charge in [-0.3, -0.25) is 19.2 Å². The molecule has 1 aromatic carbocycles. The highest BCUT2D eigenvalue weighted by atomic mass is 16.4. The normalized spacial score (nSPS) is 23.8. The van der Waals surface area contributed by atoms with Crippen LogP contribution in [0.4, 0.5) is 0 Å². The van der Waals surface area contributed by atoms with E-state index in [0.29, 0.717) is 11.1 Å². The topological polar surface area (TPSA) is 149 Å². The van der Waals surface area contributed by atoms with Gasteiger partial charge in [0.05, 0.1) is 24.2 Å². The number of carboxylic acid groups (broad SMARTS) is 4. The van der Waals surface area contributed by atoms with E-state index in [1.807, 2.05) is 0 Å². The first kappa shape index (κ1) is 17.5. The van der Waals surface area contributed by atoms with Crippen LogP contribution in [0.2, 0.25) is 0 Å². The third kappa shape index (κ3) is 3.22. The van der Waals surface area contributed by atoms with Crippen molar-refractivity contribution in [2.45, 2.75) is 18.8 Å². The number of hydrogen-bond acceptors (Lipinski definition) is 4. The summed E-state index contributed by atoms with van der Waals surface area (Å²) in [4.78, 5) is 45.8. The number of fused-ring (bicyclic) bond motifs is 1. The molecular weight excluding hydrogens is 320 g/mol. The van der Waals surface area contributed by atoms with E-state index in [4.69, 9.17) is 5.11 Å². The van der Waals surface area contributed by atoms with Crippen LogP contribution in [-0.4, -0.2) is 44.3 Å². The molecule has 0 aliphatic heterocycles. The quantitative estimate of drug-likeness (QED) is 0.598. The van der Waals surface area contributed by atoms with Gasteiger partial charge in [-0.1, -0.05) is 24.3 Å². The molecular formula is C16H16O8. The Labute approximate surface area is 136 Å². The van der Waals surface area contributed by atoms with Crippen LogP contribution in [0.25, 0.3) is 0 Å². The SMILES string of the molecule is O=C(O)CC(C(=O)O)C1c2ccccc2CC(C(=O)O)C1C(=O)O. The fourth-order valence-corrected chi connectivity index (χ4v) is 3.44. The van der Waals surface area contributed by atoms with E-state index in [2.05, 4.69) is 0 Å². The molecule has 4 unspecified atom stereocenters. The summed E-state index contributed by atoms with van der Waals surface area (Å²) in [6.07, 6.45) is -0.831. The molecule has 2 rings (SSSR count). The predicted molar refractivity (Wildman–Crippen MR) is 78.5 cm³/mol. The van der Waals surface area contributed by atoms with E-state index >= 15 is 0 Å². The van der Waals surface area contributed by atoms with Crippen molar-refractivity contribution in [3.05, 3.63) is 35.4 Å². The average Bonchev–Trinajstić information content (AvgIpc) is 2.50. The Morgan fingerprint density at radius 3 is 2.12 bits per heavy atom. The summed E-state index contributed by atoms with van der Waals surface area (Å²) < 4.78 is 0. The van der Waals surface area contributed by atoms with Gasteiger partial charge in [0, 0.05) is 5.92 Å². The van der Waals surface area contributed by atoms with Crippen molar-refractivity contribution in [3.8, 4) is 0 Å². The van der Waals surface area contributed by atoms with Crippen LogP contribution >= 0.6 is 0 Å². The first-order chi connectivity index (χ1) is 11.2. The molecule has 0 aromatic heterocycles. The van der Waals surface area contributed by atoms with Gasteiger partial charge in [-0.05, 0) is 17.5 Å². The molecule has 1 aliphatic carbocycles. The summed E-state index contributed by atoms with van der Waals surface area (Å²) in [6, 6.07) is 6.37. The van der Waals surface area contributed by atoms with Gasteiger partial charge in [0.15, 0.2) is 0 Å². The van der Waals surface area contributed by atoms with Crippen LogP contribution in [0.1, 0.15) is 23.5 Å². The Morgan fingerprint density at radius 1 is 1.00 bits per heavy atom. The van der Waals surface area contributed by atoms with Crippen molar-refractivity contribution in [2.75, 3.05) is 0 Å². The summed E-state index contributed by atoms with van der Waals surface area (Å²) in [7, 11) is 0. The van der Waals surface area contributed by atoms with Gasteiger partial charge in [-0.25, -0.2) is 0 Å². The molecule has 0 heterocycles. The van der Waals surface area contributed by atoms with E-state index in [0.717, 1.165) is 0 Å². The van der Waals surface area contributed by atoms with Gasteiger partial charge in [0.1, 0.15) is 0 Å². The number of rotatable bonds is 6. The lowest BCUT2D eigenvalue weighted by Gasteiger charge is -2.37. The smallest absolute Gasteiger partial charge is 0.308 e. The Morgan fingerprint density at radius 2 is 1.62 bits per heavy atom. The molecule has 8 nitrogen and oxygen atoms in total. The highest BCUT2D eigenvalue weighted by molar-refractivity contribution is 5.85. The third-order valence-corrected chi connectivity index (χ3v) is 4.42. The minimum Gasteiger partial charge on any atom is -0.481 e. The Balaban J connectivity index is 2.64. The van der Waals surface area contributed by atoms with Crippen LogP contribution in [0.15, 0.2) is 24.3 Å². The van der Waals surface area contributed by atoms with Crippen LogP contribution in [0.3, 0.4) is 0 Å². The first-order valence-electron chi connectivity index (χ1n) is 7.22. The largest absolute Gasteiger partial charge is 0.481 e. The number of carbonyl (C=O) groups is 4. The second kappa shape index (κ2) is 6.69. The van der Waals surface area contributed by atoms with Gasteiger partial charge in [-0.15, -0.1) is 0 Å². The van der Waals surface area contributed by atoms with Crippen LogP contribution in [0, 0.1) is 17.8 Å². The number of carboxylic acids is 4. The average molecular weight is 336 g/mol. The van der Waals surface area contributed by atoms with E-state index in [9.17, 15) is 34.5 Å². The summed E-state index contributed by atoms with van der Waals surface area (Å²) in [5, 5.41) is 37.3. The van der Waals surface area contributed by atoms with E-state index in [1.54, 1.807) is 18.2 Å². The lowest BCUT2D eigenvalue weighted by Crippen LogP contribution is -2.44. The maximum absolute atomic E-state index is 11.7. The zero-order chi connectivity index (χ0) is 18.0. The Bertz CT molecular complexity index is 695. The fraction of sp³-hybridized carbons (Fsp3) is 0.375. The van der Waals surface area contributed by atoms with Crippen molar-refractivity contribution in [2.24, 2.45) is 17.8 Å². The third-order valence-electron chi connectivity index (χ3n) is 4.42. The zero-order valence-electron chi connectivity index (χ0n) is 12.5. The Kier molecular flexibility index (Phi) is 4.87. The minimum atomic E-state index is -1.54. The lowest BCUT2D eigenvalue weighted by atomic mass is 9.64. The molecule has 0 amide bonds. The number of benzene rings is 1. The van der Waals surface area contributed by atoms with E-state index in [-0.39, 0.29) is 6.42 Å². The van der Waals surface area contributed by atoms with Crippen molar-refractivity contribution in [1.29, 1.82) is 0 Å². The van der Waals surface area contributed by atoms with Gasteiger partial charge in [-0.2, -0.15) is 0 Å². The predicted octanol–water partition coefficient (Wildman–Crippen LogP) is 0.903. The molecule has 1 aliphatic rings.